The first-order valence-corrected chi connectivity index (χ1v) is 7.45. The van der Waals surface area contributed by atoms with E-state index in [9.17, 15) is 0 Å². The van der Waals surface area contributed by atoms with Crippen LogP contribution in [0.5, 0.6) is 0 Å². The molecule has 0 aliphatic rings. The second kappa shape index (κ2) is 7.15. The molecule has 0 radical (unpaired) electrons. The molecule has 3 N–H and O–H groups in total. The fourth-order valence-corrected chi connectivity index (χ4v) is 2.73. The average Bonchev–Trinajstić information content (AvgIpc) is 2.27. The number of anilines is 1. The Morgan fingerprint density at radius 2 is 1.78 bits per heavy atom. The molecule has 0 bridgehead atoms. The Balaban J connectivity index is 2.52. The first-order valence-electron chi connectivity index (χ1n) is 6.66. The predicted octanol–water partition coefficient (Wildman–Crippen LogP) is 4.05. The third-order valence-electron chi connectivity index (χ3n) is 3.48. The van der Waals surface area contributed by atoms with Gasteiger partial charge in [-0.3, -0.25) is 0 Å². The number of rotatable bonds is 6. The van der Waals surface area contributed by atoms with Gasteiger partial charge in [-0.1, -0.05) is 43.6 Å². The van der Waals surface area contributed by atoms with E-state index in [1.807, 2.05) is 18.2 Å². The van der Waals surface area contributed by atoms with E-state index >= 15 is 0 Å². The lowest BCUT2D eigenvalue weighted by molar-refractivity contribution is 0.275. The number of halogens is 1. The van der Waals surface area contributed by atoms with Crippen LogP contribution in [0.3, 0.4) is 0 Å². The molecular weight excluding hydrogens is 288 g/mol. The third kappa shape index (κ3) is 4.62. The fraction of sp³-hybridized carbons (Fsp3) is 0.600. The van der Waals surface area contributed by atoms with Crippen LogP contribution in [0.25, 0.3) is 0 Å². The quantitative estimate of drug-likeness (QED) is 0.778. The summed E-state index contributed by atoms with van der Waals surface area (Å²) in [5.74, 6) is 2.13. The molecule has 0 atom stereocenters. The molecule has 0 aromatic heterocycles. The summed E-state index contributed by atoms with van der Waals surface area (Å²) in [4.78, 5) is 0. The molecule has 1 aromatic carbocycles. The molecule has 0 unspecified atom stereocenters. The molecular formula is C15H25BrN2. The molecule has 102 valence electrons. The van der Waals surface area contributed by atoms with Crippen molar-refractivity contribution in [2.24, 2.45) is 17.8 Å². The zero-order chi connectivity index (χ0) is 13.7. The monoisotopic (exact) mass is 312 g/mol. The molecule has 0 amide bonds. The average molecular weight is 313 g/mol. The Morgan fingerprint density at radius 1 is 1.17 bits per heavy atom. The summed E-state index contributed by atoms with van der Waals surface area (Å²) < 4.78 is 1.12. The van der Waals surface area contributed by atoms with Crippen LogP contribution in [0.1, 0.15) is 33.3 Å². The van der Waals surface area contributed by atoms with Crippen molar-refractivity contribution < 1.29 is 0 Å². The van der Waals surface area contributed by atoms with Crippen LogP contribution < -0.4 is 11.1 Å². The smallest absolute Gasteiger partial charge is 0.0318 e. The summed E-state index contributed by atoms with van der Waals surface area (Å²) >= 11 is 3.56. The molecule has 0 aliphatic carbocycles. The van der Waals surface area contributed by atoms with Gasteiger partial charge in [0.1, 0.15) is 0 Å². The summed E-state index contributed by atoms with van der Waals surface area (Å²) in [6.45, 7) is 11.1. The Bertz CT molecular complexity index is 367. The van der Waals surface area contributed by atoms with Crippen LogP contribution in [0, 0.1) is 17.8 Å². The first kappa shape index (κ1) is 15.5. The Hall–Kier alpha value is -0.540. The Kier molecular flexibility index (Phi) is 6.16. The molecule has 0 fully saturated rings. The van der Waals surface area contributed by atoms with E-state index in [1.54, 1.807) is 0 Å². The van der Waals surface area contributed by atoms with Crippen molar-refractivity contribution in [2.45, 2.75) is 34.2 Å². The number of nitrogens with two attached hydrogens (primary N) is 1. The van der Waals surface area contributed by atoms with Gasteiger partial charge in [0.15, 0.2) is 0 Å². The maximum Gasteiger partial charge on any atom is 0.0318 e. The lowest BCUT2D eigenvalue weighted by Crippen LogP contribution is -2.29. The van der Waals surface area contributed by atoms with E-state index in [0.717, 1.165) is 23.2 Å². The first-order chi connectivity index (χ1) is 8.41. The Labute approximate surface area is 119 Å². The summed E-state index contributed by atoms with van der Waals surface area (Å²) in [5.41, 5.74) is 7.85. The molecule has 1 rings (SSSR count). The molecule has 0 saturated heterocycles. The van der Waals surface area contributed by atoms with Gasteiger partial charge in [0.25, 0.3) is 0 Å². The van der Waals surface area contributed by atoms with Crippen LogP contribution in [0.15, 0.2) is 22.7 Å². The number of hydrogen-bond acceptors (Lipinski definition) is 2. The second-order valence-corrected chi connectivity index (χ2v) is 6.49. The van der Waals surface area contributed by atoms with E-state index in [4.69, 9.17) is 5.73 Å². The topological polar surface area (TPSA) is 38.0 Å². The van der Waals surface area contributed by atoms with E-state index in [2.05, 4.69) is 48.9 Å². The normalized spacial score (nSPS) is 11.8. The summed E-state index contributed by atoms with van der Waals surface area (Å²) in [6.07, 6.45) is 0. The minimum absolute atomic E-state index is 0.710. The van der Waals surface area contributed by atoms with Gasteiger partial charge in [0.05, 0.1) is 0 Å². The van der Waals surface area contributed by atoms with Gasteiger partial charge in [-0.15, -0.1) is 0 Å². The highest BCUT2D eigenvalue weighted by molar-refractivity contribution is 9.10. The molecule has 0 saturated carbocycles. The number of hydrogen-bond donors (Lipinski definition) is 2. The van der Waals surface area contributed by atoms with Crippen LogP contribution in [0.4, 0.5) is 5.69 Å². The van der Waals surface area contributed by atoms with Gasteiger partial charge >= 0.3 is 0 Å². The predicted molar refractivity (Wildman–Crippen MR) is 83.4 cm³/mol. The van der Waals surface area contributed by atoms with Crippen molar-refractivity contribution in [1.82, 2.24) is 5.32 Å². The van der Waals surface area contributed by atoms with Gasteiger partial charge in [-0.2, -0.15) is 0 Å². The number of nitrogens with one attached hydrogen (secondary N) is 1. The minimum Gasteiger partial charge on any atom is -0.399 e. The summed E-state index contributed by atoms with van der Waals surface area (Å²) in [7, 11) is 0. The highest BCUT2D eigenvalue weighted by Crippen LogP contribution is 2.21. The molecule has 2 nitrogen and oxygen atoms in total. The number of benzene rings is 1. The maximum absolute atomic E-state index is 5.81. The van der Waals surface area contributed by atoms with Crippen molar-refractivity contribution >= 4 is 21.6 Å². The van der Waals surface area contributed by atoms with Crippen LogP contribution in [-0.2, 0) is 6.54 Å². The van der Waals surface area contributed by atoms with Crippen molar-refractivity contribution in [1.29, 1.82) is 0 Å². The summed E-state index contributed by atoms with van der Waals surface area (Å²) in [5, 5.41) is 3.55. The van der Waals surface area contributed by atoms with Crippen molar-refractivity contribution in [3.05, 3.63) is 28.2 Å². The van der Waals surface area contributed by atoms with Gasteiger partial charge in [-0.25, -0.2) is 0 Å². The lowest BCUT2D eigenvalue weighted by atomic mass is 9.85. The van der Waals surface area contributed by atoms with E-state index in [1.165, 1.54) is 5.56 Å². The van der Waals surface area contributed by atoms with Crippen LogP contribution in [-0.4, -0.2) is 6.54 Å². The van der Waals surface area contributed by atoms with Gasteiger partial charge in [-0.05, 0) is 48.1 Å². The van der Waals surface area contributed by atoms with E-state index < -0.39 is 0 Å². The van der Waals surface area contributed by atoms with E-state index in [-0.39, 0.29) is 0 Å². The van der Waals surface area contributed by atoms with Crippen molar-refractivity contribution in [3.63, 3.8) is 0 Å². The van der Waals surface area contributed by atoms with Gasteiger partial charge in [0, 0.05) is 16.7 Å². The van der Waals surface area contributed by atoms with Gasteiger partial charge < -0.3 is 11.1 Å². The molecule has 1 aromatic rings. The second-order valence-electron chi connectivity index (χ2n) is 5.63. The summed E-state index contributed by atoms with van der Waals surface area (Å²) in [6, 6.07) is 5.95. The third-order valence-corrected chi connectivity index (χ3v) is 4.25. The van der Waals surface area contributed by atoms with E-state index in [0.29, 0.717) is 17.8 Å². The largest absolute Gasteiger partial charge is 0.399 e. The van der Waals surface area contributed by atoms with Gasteiger partial charge in [0.2, 0.25) is 0 Å². The minimum atomic E-state index is 0.710. The zero-order valence-corrected chi connectivity index (χ0v) is 13.4. The highest BCUT2D eigenvalue weighted by atomic mass is 79.9. The molecule has 0 heterocycles. The molecule has 0 spiro atoms. The standard InChI is InChI=1S/C15H25BrN2/c1-10(2)14(11(3)4)9-18-8-12-7-13(17)5-6-15(12)16/h5-7,10-11,14,18H,8-9,17H2,1-4H3. The Morgan fingerprint density at radius 3 is 2.33 bits per heavy atom. The molecule has 18 heavy (non-hydrogen) atoms. The van der Waals surface area contributed by atoms with Crippen LogP contribution >= 0.6 is 15.9 Å². The SMILES string of the molecule is CC(C)C(CNCc1cc(N)ccc1Br)C(C)C. The zero-order valence-electron chi connectivity index (χ0n) is 11.8. The fourth-order valence-electron chi connectivity index (χ4n) is 2.34. The molecule has 0 aliphatic heterocycles. The van der Waals surface area contributed by atoms with Crippen LogP contribution in [0.2, 0.25) is 0 Å². The number of nitrogen functional groups attached to an aromatic ring is 1. The molecule has 3 heteroatoms. The van der Waals surface area contributed by atoms with Crippen molar-refractivity contribution in [3.8, 4) is 0 Å². The highest BCUT2D eigenvalue weighted by Gasteiger charge is 2.16. The maximum atomic E-state index is 5.81. The van der Waals surface area contributed by atoms with Crippen molar-refractivity contribution in [2.75, 3.05) is 12.3 Å². The lowest BCUT2D eigenvalue weighted by Gasteiger charge is -2.25.